The molecule has 2 rings (SSSR count). The summed E-state index contributed by atoms with van der Waals surface area (Å²) in [5, 5.41) is 3.51. The molecule has 0 heterocycles. The molecule has 0 aliphatic heterocycles. The summed E-state index contributed by atoms with van der Waals surface area (Å²) in [4.78, 5) is 2.43. The fourth-order valence-electron chi connectivity index (χ4n) is 2.60. The van der Waals surface area contributed by atoms with Crippen LogP contribution in [0.5, 0.6) is 0 Å². The van der Waals surface area contributed by atoms with Crippen LogP contribution in [0, 0.1) is 5.92 Å². The Hall–Kier alpha value is -0.540. The van der Waals surface area contributed by atoms with Crippen LogP contribution in [0.2, 0.25) is 0 Å². The van der Waals surface area contributed by atoms with Gasteiger partial charge in [-0.2, -0.15) is 0 Å². The van der Waals surface area contributed by atoms with E-state index >= 15 is 0 Å². The minimum Gasteiger partial charge on any atom is -0.374 e. The molecule has 1 fully saturated rings. The van der Waals surface area contributed by atoms with E-state index in [0.717, 1.165) is 19.0 Å². The van der Waals surface area contributed by atoms with E-state index in [1.54, 1.807) is 0 Å². The molecule has 1 saturated carbocycles. The van der Waals surface area contributed by atoms with Crippen molar-refractivity contribution in [1.29, 1.82) is 0 Å². The van der Waals surface area contributed by atoms with E-state index in [1.807, 2.05) is 0 Å². The van der Waals surface area contributed by atoms with Crippen LogP contribution < -0.4 is 10.2 Å². The summed E-state index contributed by atoms with van der Waals surface area (Å²) in [5.41, 5.74) is 2.77. The number of anilines is 1. The van der Waals surface area contributed by atoms with Crippen molar-refractivity contribution in [2.75, 3.05) is 25.0 Å². The summed E-state index contributed by atoms with van der Waals surface area (Å²) < 4.78 is 1.17. The van der Waals surface area contributed by atoms with Crippen LogP contribution in [-0.4, -0.2) is 20.1 Å². The molecule has 3 heteroatoms. The van der Waals surface area contributed by atoms with Gasteiger partial charge in [0.05, 0.1) is 0 Å². The molecule has 0 radical (unpaired) electrons. The van der Waals surface area contributed by atoms with Gasteiger partial charge in [-0.3, -0.25) is 0 Å². The van der Waals surface area contributed by atoms with Gasteiger partial charge in [-0.1, -0.05) is 35.3 Å². The fourth-order valence-corrected chi connectivity index (χ4v) is 2.95. The molecule has 2 nitrogen and oxygen atoms in total. The van der Waals surface area contributed by atoms with E-state index in [1.165, 1.54) is 48.0 Å². The lowest BCUT2D eigenvalue weighted by molar-refractivity contribution is 0.321. The van der Waals surface area contributed by atoms with E-state index < -0.39 is 0 Å². The molecule has 1 aliphatic carbocycles. The van der Waals surface area contributed by atoms with E-state index in [9.17, 15) is 0 Å². The maximum Gasteiger partial charge on any atom is 0.0420 e. The van der Waals surface area contributed by atoms with Crippen LogP contribution >= 0.6 is 15.9 Å². The number of hydrogen-bond acceptors (Lipinski definition) is 2. The van der Waals surface area contributed by atoms with Gasteiger partial charge in [0, 0.05) is 30.3 Å². The summed E-state index contributed by atoms with van der Waals surface area (Å²) >= 11 is 3.60. The van der Waals surface area contributed by atoms with Crippen LogP contribution in [0.1, 0.15) is 38.2 Å². The van der Waals surface area contributed by atoms with Crippen LogP contribution in [0.15, 0.2) is 22.7 Å². The smallest absolute Gasteiger partial charge is 0.0420 e. The highest BCUT2D eigenvalue weighted by atomic mass is 79.9. The van der Waals surface area contributed by atoms with Crippen molar-refractivity contribution in [2.24, 2.45) is 5.92 Å². The summed E-state index contributed by atoms with van der Waals surface area (Å²) in [5.74, 6) is 0.903. The second-order valence-electron chi connectivity index (χ2n) is 5.63. The topological polar surface area (TPSA) is 15.3 Å². The first-order valence-electron chi connectivity index (χ1n) is 7.41. The molecule has 1 aromatic carbocycles. The Kier molecular flexibility index (Phi) is 5.71. The molecule has 0 bridgehead atoms. The van der Waals surface area contributed by atoms with Crippen molar-refractivity contribution in [1.82, 2.24) is 5.32 Å². The van der Waals surface area contributed by atoms with Gasteiger partial charge < -0.3 is 10.2 Å². The molecule has 19 heavy (non-hydrogen) atoms. The number of nitrogens with one attached hydrogen (secondary N) is 1. The normalized spacial score (nSPS) is 15.3. The monoisotopic (exact) mass is 324 g/mol. The Bertz CT molecular complexity index is 402. The second-order valence-corrected chi connectivity index (χ2v) is 6.54. The van der Waals surface area contributed by atoms with Crippen molar-refractivity contribution in [3.63, 3.8) is 0 Å². The first kappa shape index (κ1) is 14.9. The van der Waals surface area contributed by atoms with Gasteiger partial charge in [0.15, 0.2) is 0 Å². The van der Waals surface area contributed by atoms with Gasteiger partial charge in [0.1, 0.15) is 0 Å². The molecule has 0 atom stereocenters. The number of halogens is 1. The van der Waals surface area contributed by atoms with Crippen molar-refractivity contribution in [3.05, 3.63) is 28.2 Å². The summed E-state index contributed by atoms with van der Waals surface area (Å²) in [6.07, 6.45) is 5.41. The molecular weight excluding hydrogens is 300 g/mol. The highest BCUT2D eigenvalue weighted by molar-refractivity contribution is 9.10. The zero-order chi connectivity index (χ0) is 13.7. The van der Waals surface area contributed by atoms with Crippen LogP contribution in [0.25, 0.3) is 0 Å². The Labute approximate surface area is 125 Å². The molecule has 0 amide bonds. The molecular formula is C16H25BrN2. The average Bonchev–Trinajstić information content (AvgIpc) is 2.35. The lowest BCUT2D eigenvalue weighted by Crippen LogP contribution is -2.30. The van der Waals surface area contributed by atoms with E-state index in [0.29, 0.717) is 0 Å². The largest absolute Gasteiger partial charge is 0.374 e. The minimum atomic E-state index is 0.903. The Morgan fingerprint density at radius 2 is 2.16 bits per heavy atom. The van der Waals surface area contributed by atoms with Gasteiger partial charge in [-0.25, -0.2) is 0 Å². The van der Waals surface area contributed by atoms with Gasteiger partial charge in [-0.15, -0.1) is 0 Å². The Morgan fingerprint density at radius 1 is 1.37 bits per heavy atom. The third kappa shape index (κ3) is 4.22. The molecule has 1 N–H and O–H groups in total. The molecule has 1 aliphatic rings. The van der Waals surface area contributed by atoms with E-state index in [2.05, 4.69) is 58.3 Å². The van der Waals surface area contributed by atoms with Gasteiger partial charge in [-0.05, 0) is 49.4 Å². The van der Waals surface area contributed by atoms with E-state index in [4.69, 9.17) is 0 Å². The van der Waals surface area contributed by atoms with Gasteiger partial charge >= 0.3 is 0 Å². The lowest BCUT2D eigenvalue weighted by atomic mass is 9.85. The zero-order valence-electron chi connectivity index (χ0n) is 12.1. The van der Waals surface area contributed by atoms with Crippen molar-refractivity contribution in [3.8, 4) is 0 Å². The quantitative estimate of drug-likeness (QED) is 0.757. The van der Waals surface area contributed by atoms with Crippen molar-refractivity contribution in [2.45, 2.75) is 39.2 Å². The average molecular weight is 325 g/mol. The van der Waals surface area contributed by atoms with Gasteiger partial charge in [0.25, 0.3) is 0 Å². The predicted molar refractivity (Wildman–Crippen MR) is 86.8 cm³/mol. The maximum atomic E-state index is 3.60. The van der Waals surface area contributed by atoms with Crippen molar-refractivity contribution < 1.29 is 0 Å². The maximum absolute atomic E-state index is 3.60. The molecule has 0 spiro atoms. The standard InChI is InChI=1S/C16H25BrN2/c1-3-9-18-11-14-7-8-15(17)10-16(14)19(2)12-13-5-4-6-13/h7-8,10,13,18H,3-6,9,11-12H2,1-2H3. The lowest BCUT2D eigenvalue weighted by Gasteiger charge is -2.32. The number of hydrogen-bond donors (Lipinski definition) is 1. The molecule has 106 valence electrons. The summed E-state index contributed by atoms with van der Waals surface area (Å²) in [6, 6.07) is 6.63. The highest BCUT2D eigenvalue weighted by Gasteiger charge is 2.20. The van der Waals surface area contributed by atoms with Crippen LogP contribution in [0.3, 0.4) is 0 Å². The number of nitrogens with zero attached hydrogens (tertiary/aromatic N) is 1. The Balaban J connectivity index is 2.04. The number of rotatable bonds is 7. The summed E-state index contributed by atoms with van der Waals surface area (Å²) in [7, 11) is 2.23. The predicted octanol–water partition coefficient (Wildman–Crippen LogP) is 4.19. The first-order chi connectivity index (χ1) is 9.20. The van der Waals surface area contributed by atoms with E-state index in [-0.39, 0.29) is 0 Å². The SMILES string of the molecule is CCCNCc1ccc(Br)cc1N(C)CC1CCC1. The highest BCUT2D eigenvalue weighted by Crippen LogP contribution is 2.30. The first-order valence-corrected chi connectivity index (χ1v) is 8.20. The minimum absolute atomic E-state index is 0.903. The molecule has 1 aromatic rings. The van der Waals surface area contributed by atoms with Crippen LogP contribution in [-0.2, 0) is 6.54 Å². The summed E-state index contributed by atoms with van der Waals surface area (Å²) in [6.45, 7) is 5.45. The van der Waals surface area contributed by atoms with Crippen LogP contribution in [0.4, 0.5) is 5.69 Å². The second kappa shape index (κ2) is 7.30. The molecule has 0 saturated heterocycles. The zero-order valence-corrected chi connectivity index (χ0v) is 13.7. The van der Waals surface area contributed by atoms with Crippen molar-refractivity contribution >= 4 is 21.6 Å². The third-order valence-corrected chi connectivity index (χ3v) is 4.45. The molecule has 0 unspecified atom stereocenters. The van der Waals surface area contributed by atoms with Gasteiger partial charge in [0.2, 0.25) is 0 Å². The Morgan fingerprint density at radius 3 is 2.79 bits per heavy atom. The molecule has 0 aromatic heterocycles. The fraction of sp³-hybridized carbons (Fsp3) is 0.625. The number of benzene rings is 1. The third-order valence-electron chi connectivity index (χ3n) is 3.96.